The number of hydrogen-bond donors (Lipinski definition) is 2. The number of fused-ring (bicyclic) bond motifs is 1. The van der Waals surface area contributed by atoms with Crippen molar-refractivity contribution < 1.29 is 33.0 Å². The van der Waals surface area contributed by atoms with E-state index in [9.17, 15) is 18.8 Å². The quantitative estimate of drug-likeness (QED) is 0.182. The third-order valence-electron chi connectivity index (χ3n) is 6.24. The van der Waals surface area contributed by atoms with Crippen LogP contribution in [0.15, 0.2) is 47.6 Å². The average Bonchev–Trinajstić information content (AvgIpc) is 3.32. The highest BCUT2D eigenvalue weighted by molar-refractivity contribution is 7.17. The van der Waals surface area contributed by atoms with Crippen molar-refractivity contribution in [1.29, 1.82) is 0 Å². The molecule has 9 nitrogen and oxygen atoms in total. The van der Waals surface area contributed by atoms with E-state index in [-0.39, 0.29) is 12.4 Å². The Morgan fingerprint density at radius 1 is 1.03 bits per heavy atom. The number of benzene rings is 2. The summed E-state index contributed by atoms with van der Waals surface area (Å²) in [4.78, 5) is 38.5. The van der Waals surface area contributed by atoms with Gasteiger partial charge in [-0.1, -0.05) is 18.2 Å². The number of carbonyl (C=O) groups is 3. The van der Waals surface area contributed by atoms with Crippen LogP contribution >= 0.6 is 11.3 Å². The molecule has 1 aromatic heterocycles. The van der Waals surface area contributed by atoms with E-state index in [0.29, 0.717) is 38.9 Å². The van der Waals surface area contributed by atoms with Gasteiger partial charge in [0.25, 0.3) is 0 Å². The van der Waals surface area contributed by atoms with Gasteiger partial charge in [-0.05, 0) is 62.4 Å². The van der Waals surface area contributed by atoms with Gasteiger partial charge in [0.15, 0.2) is 11.5 Å². The molecule has 11 heteroatoms. The lowest BCUT2D eigenvalue weighted by molar-refractivity contribution is -0.136. The van der Waals surface area contributed by atoms with E-state index in [1.807, 2.05) is 0 Å². The first-order valence-electron chi connectivity index (χ1n) is 12.3. The van der Waals surface area contributed by atoms with Crippen LogP contribution in [-0.4, -0.2) is 37.7 Å². The van der Waals surface area contributed by atoms with Crippen molar-refractivity contribution >= 4 is 39.8 Å². The van der Waals surface area contributed by atoms with Crippen LogP contribution in [0.1, 0.15) is 51.7 Å². The van der Waals surface area contributed by atoms with Crippen molar-refractivity contribution in [3.63, 3.8) is 0 Å². The standard InChI is InChI=1S/C28H28FN3O6S/c1-16(17-12-13-21(22(14-17)36-2)38-15-18-8-4-6-10-20(18)29)31-32-26(34)25(33)30-27-24(28(35)37-3)19-9-5-7-11-23(19)39-27/h4,6,8,10,12-14H,5,7,9,11,15H2,1-3H3,(H,30,33)(H,32,34). The van der Waals surface area contributed by atoms with Gasteiger partial charge in [-0.3, -0.25) is 9.59 Å². The first kappa shape index (κ1) is 27.8. The number of ether oxygens (including phenoxy) is 3. The summed E-state index contributed by atoms with van der Waals surface area (Å²) < 4.78 is 29.9. The second kappa shape index (κ2) is 12.5. The number of aryl methyl sites for hydroxylation is 1. The maximum atomic E-state index is 13.9. The first-order chi connectivity index (χ1) is 18.8. The van der Waals surface area contributed by atoms with Crippen LogP contribution in [0.5, 0.6) is 11.5 Å². The van der Waals surface area contributed by atoms with Crippen molar-refractivity contribution in [2.24, 2.45) is 5.10 Å². The molecule has 2 aromatic carbocycles. The third-order valence-corrected chi connectivity index (χ3v) is 7.45. The summed E-state index contributed by atoms with van der Waals surface area (Å²) in [6, 6.07) is 11.3. The molecule has 0 saturated carbocycles. The molecule has 0 aliphatic heterocycles. The molecule has 3 aromatic rings. The zero-order valence-electron chi connectivity index (χ0n) is 21.8. The number of hydrazone groups is 1. The van der Waals surface area contributed by atoms with E-state index in [2.05, 4.69) is 15.8 Å². The Labute approximate surface area is 229 Å². The Balaban J connectivity index is 1.41. The molecule has 204 valence electrons. The Hall–Kier alpha value is -4.25. The molecular weight excluding hydrogens is 525 g/mol. The fourth-order valence-electron chi connectivity index (χ4n) is 4.16. The fourth-order valence-corrected chi connectivity index (χ4v) is 5.44. The van der Waals surface area contributed by atoms with E-state index in [0.717, 1.165) is 36.1 Å². The molecule has 1 aliphatic rings. The van der Waals surface area contributed by atoms with Crippen molar-refractivity contribution in [3.8, 4) is 11.5 Å². The van der Waals surface area contributed by atoms with E-state index < -0.39 is 17.8 Å². The van der Waals surface area contributed by atoms with Gasteiger partial charge in [0.1, 0.15) is 17.4 Å². The fraction of sp³-hybridized carbons (Fsp3) is 0.286. The highest BCUT2D eigenvalue weighted by Crippen LogP contribution is 2.38. The lowest BCUT2D eigenvalue weighted by atomic mass is 9.95. The summed E-state index contributed by atoms with van der Waals surface area (Å²) in [5.74, 6) is -2.07. The molecular formula is C28H28FN3O6S. The minimum absolute atomic E-state index is 0.0194. The summed E-state index contributed by atoms with van der Waals surface area (Å²) in [6.07, 6.45) is 3.47. The lowest BCUT2D eigenvalue weighted by Crippen LogP contribution is -2.33. The number of hydrogen-bond acceptors (Lipinski definition) is 8. The lowest BCUT2D eigenvalue weighted by Gasteiger charge is -2.13. The van der Waals surface area contributed by atoms with Gasteiger partial charge in [-0.15, -0.1) is 11.3 Å². The van der Waals surface area contributed by atoms with E-state index in [4.69, 9.17) is 14.2 Å². The van der Waals surface area contributed by atoms with Crippen LogP contribution in [0.25, 0.3) is 0 Å². The topological polar surface area (TPSA) is 115 Å². The van der Waals surface area contributed by atoms with Gasteiger partial charge in [0, 0.05) is 16.0 Å². The summed E-state index contributed by atoms with van der Waals surface area (Å²) >= 11 is 1.29. The molecule has 0 atom stereocenters. The number of esters is 1. The molecule has 1 aliphatic carbocycles. The third kappa shape index (κ3) is 6.43. The predicted molar refractivity (Wildman–Crippen MR) is 145 cm³/mol. The summed E-state index contributed by atoms with van der Waals surface area (Å²) in [7, 11) is 2.75. The normalized spacial score (nSPS) is 12.8. The van der Waals surface area contributed by atoms with Gasteiger partial charge in [0.05, 0.1) is 25.5 Å². The highest BCUT2D eigenvalue weighted by atomic mass is 32.1. The van der Waals surface area contributed by atoms with Gasteiger partial charge in [-0.25, -0.2) is 14.6 Å². The van der Waals surface area contributed by atoms with Crippen molar-refractivity contribution in [1.82, 2.24) is 5.43 Å². The number of methoxy groups -OCH3 is 2. The van der Waals surface area contributed by atoms with Crippen LogP contribution in [0, 0.1) is 5.82 Å². The number of amides is 2. The Kier molecular flexibility index (Phi) is 8.92. The van der Waals surface area contributed by atoms with Crippen LogP contribution < -0.4 is 20.2 Å². The molecule has 0 fully saturated rings. The van der Waals surface area contributed by atoms with E-state index >= 15 is 0 Å². The van der Waals surface area contributed by atoms with Gasteiger partial charge < -0.3 is 19.5 Å². The molecule has 0 radical (unpaired) electrons. The second-order valence-electron chi connectivity index (χ2n) is 8.74. The van der Waals surface area contributed by atoms with E-state index in [1.165, 1.54) is 31.6 Å². The molecule has 2 N–H and O–H groups in total. The minimum Gasteiger partial charge on any atom is -0.493 e. The molecule has 2 amide bonds. The monoisotopic (exact) mass is 553 g/mol. The average molecular weight is 554 g/mol. The summed E-state index contributed by atoms with van der Waals surface area (Å²) in [5, 5.41) is 6.86. The maximum absolute atomic E-state index is 13.9. The number of rotatable bonds is 8. The highest BCUT2D eigenvalue weighted by Gasteiger charge is 2.28. The van der Waals surface area contributed by atoms with Gasteiger partial charge in [0.2, 0.25) is 0 Å². The molecule has 39 heavy (non-hydrogen) atoms. The van der Waals surface area contributed by atoms with Crippen LogP contribution in [0.2, 0.25) is 0 Å². The number of anilines is 1. The number of nitrogens with one attached hydrogen (secondary N) is 2. The second-order valence-corrected chi connectivity index (χ2v) is 9.85. The smallest absolute Gasteiger partial charge is 0.341 e. The van der Waals surface area contributed by atoms with Crippen LogP contribution in [0.4, 0.5) is 9.39 Å². The molecule has 4 rings (SSSR count). The number of thiophene rings is 1. The van der Waals surface area contributed by atoms with Crippen LogP contribution in [0.3, 0.4) is 0 Å². The van der Waals surface area contributed by atoms with Gasteiger partial charge >= 0.3 is 17.8 Å². The largest absolute Gasteiger partial charge is 0.493 e. The number of carbonyl (C=O) groups excluding carboxylic acids is 3. The zero-order chi connectivity index (χ0) is 27.9. The number of nitrogens with zero attached hydrogens (tertiary/aromatic N) is 1. The minimum atomic E-state index is -0.992. The first-order valence-corrected chi connectivity index (χ1v) is 13.1. The molecule has 0 spiro atoms. The van der Waals surface area contributed by atoms with Crippen molar-refractivity contribution in [2.45, 2.75) is 39.2 Å². The van der Waals surface area contributed by atoms with Crippen LogP contribution in [-0.2, 0) is 33.8 Å². The molecule has 1 heterocycles. The molecule has 0 bridgehead atoms. The Bertz CT molecular complexity index is 1430. The summed E-state index contributed by atoms with van der Waals surface area (Å²) in [5.41, 5.74) is 4.83. The van der Waals surface area contributed by atoms with E-state index in [1.54, 1.807) is 43.3 Å². The number of halogens is 1. The molecule has 0 unspecified atom stereocenters. The van der Waals surface area contributed by atoms with Crippen molar-refractivity contribution in [2.75, 3.05) is 19.5 Å². The van der Waals surface area contributed by atoms with Crippen molar-refractivity contribution in [3.05, 3.63) is 75.4 Å². The predicted octanol–water partition coefficient (Wildman–Crippen LogP) is 4.62. The maximum Gasteiger partial charge on any atom is 0.341 e. The summed E-state index contributed by atoms with van der Waals surface area (Å²) in [6.45, 7) is 1.67. The SMILES string of the molecule is COC(=O)c1c(NC(=O)C(=O)NN=C(C)c2ccc(OCc3ccccc3F)c(OC)c2)sc2c1CCCC2. The molecule has 0 saturated heterocycles. The zero-order valence-corrected chi connectivity index (χ0v) is 22.6. The van der Waals surface area contributed by atoms with Gasteiger partial charge in [-0.2, -0.15) is 5.10 Å². The Morgan fingerprint density at radius 3 is 2.54 bits per heavy atom. The Morgan fingerprint density at radius 2 is 1.79 bits per heavy atom.